The third-order valence-corrected chi connectivity index (χ3v) is 3.65. The van der Waals surface area contributed by atoms with E-state index in [-0.39, 0.29) is 24.8 Å². The molecule has 0 aliphatic carbocycles. The molecule has 1 heterocycles. The molecule has 7 heteroatoms. The van der Waals surface area contributed by atoms with Crippen LogP contribution in [0.4, 0.5) is 10.5 Å². The van der Waals surface area contributed by atoms with Crippen molar-refractivity contribution in [1.29, 1.82) is 0 Å². The summed E-state index contributed by atoms with van der Waals surface area (Å²) in [5.41, 5.74) is 1.66. The lowest BCUT2D eigenvalue weighted by Gasteiger charge is -2.24. The van der Waals surface area contributed by atoms with Gasteiger partial charge in [0, 0.05) is 25.7 Å². The topological polar surface area (TPSA) is 87.7 Å². The normalized spacial score (nSPS) is 15.7. The standard InChI is InChI=1S/C16H21N3O4/c1-3-23-14(20)8-9-18-16(22)19-12-7-5-4-6-11(12)10-13(19)15(21)17-2/h4-7,13H,3,8-10H2,1-2H3,(H,17,21)(H,18,22). The Morgan fingerprint density at radius 1 is 1.30 bits per heavy atom. The van der Waals surface area contributed by atoms with E-state index >= 15 is 0 Å². The van der Waals surface area contributed by atoms with Crippen LogP contribution in [0.2, 0.25) is 0 Å². The summed E-state index contributed by atoms with van der Waals surface area (Å²) >= 11 is 0. The highest BCUT2D eigenvalue weighted by Crippen LogP contribution is 2.32. The first kappa shape index (κ1) is 16.8. The largest absolute Gasteiger partial charge is 0.466 e. The molecule has 0 radical (unpaired) electrons. The van der Waals surface area contributed by atoms with Gasteiger partial charge in [-0.2, -0.15) is 0 Å². The molecule has 3 amide bonds. The molecular weight excluding hydrogens is 298 g/mol. The average molecular weight is 319 g/mol. The molecule has 124 valence electrons. The van der Waals surface area contributed by atoms with Gasteiger partial charge in [0.25, 0.3) is 0 Å². The third-order valence-electron chi connectivity index (χ3n) is 3.65. The van der Waals surface area contributed by atoms with Crippen molar-refractivity contribution in [1.82, 2.24) is 10.6 Å². The zero-order valence-electron chi connectivity index (χ0n) is 13.3. The minimum Gasteiger partial charge on any atom is -0.466 e. The molecule has 1 aliphatic heterocycles. The first-order chi connectivity index (χ1) is 11.1. The van der Waals surface area contributed by atoms with Crippen LogP contribution in [0, 0.1) is 0 Å². The maximum Gasteiger partial charge on any atom is 0.322 e. The number of nitrogens with one attached hydrogen (secondary N) is 2. The molecule has 2 rings (SSSR count). The second kappa shape index (κ2) is 7.62. The molecule has 23 heavy (non-hydrogen) atoms. The van der Waals surface area contributed by atoms with E-state index in [1.54, 1.807) is 14.0 Å². The predicted octanol–water partition coefficient (Wildman–Crippen LogP) is 0.826. The molecular formula is C16H21N3O4. The number of para-hydroxylation sites is 1. The van der Waals surface area contributed by atoms with Crippen LogP contribution >= 0.6 is 0 Å². The molecule has 1 unspecified atom stereocenters. The molecule has 0 saturated heterocycles. The summed E-state index contributed by atoms with van der Waals surface area (Å²) in [6.45, 7) is 2.20. The lowest BCUT2D eigenvalue weighted by molar-refractivity contribution is -0.142. The van der Waals surface area contributed by atoms with Crippen LogP contribution < -0.4 is 15.5 Å². The molecule has 0 saturated carbocycles. The van der Waals surface area contributed by atoms with Gasteiger partial charge >= 0.3 is 12.0 Å². The monoisotopic (exact) mass is 319 g/mol. The minimum absolute atomic E-state index is 0.0969. The van der Waals surface area contributed by atoms with E-state index in [0.717, 1.165) is 11.3 Å². The highest BCUT2D eigenvalue weighted by atomic mass is 16.5. The van der Waals surface area contributed by atoms with E-state index in [0.29, 0.717) is 13.0 Å². The molecule has 1 aliphatic rings. The highest BCUT2D eigenvalue weighted by Gasteiger charge is 2.37. The fraction of sp³-hybridized carbons (Fsp3) is 0.438. The Morgan fingerprint density at radius 3 is 2.74 bits per heavy atom. The number of fused-ring (bicyclic) bond motifs is 1. The molecule has 0 bridgehead atoms. The average Bonchev–Trinajstić information content (AvgIpc) is 2.93. The number of hydrogen-bond donors (Lipinski definition) is 2. The number of nitrogens with zero attached hydrogens (tertiary/aromatic N) is 1. The fourth-order valence-electron chi connectivity index (χ4n) is 2.60. The SMILES string of the molecule is CCOC(=O)CCNC(=O)N1c2ccccc2CC1C(=O)NC. The zero-order chi connectivity index (χ0) is 16.8. The number of benzene rings is 1. The molecule has 1 atom stereocenters. The van der Waals surface area contributed by atoms with E-state index < -0.39 is 12.1 Å². The van der Waals surface area contributed by atoms with Gasteiger partial charge in [0.1, 0.15) is 6.04 Å². The summed E-state index contributed by atoms with van der Waals surface area (Å²) in [7, 11) is 1.54. The van der Waals surface area contributed by atoms with Gasteiger partial charge in [0.05, 0.1) is 13.0 Å². The number of carbonyl (C=O) groups excluding carboxylic acids is 3. The number of amides is 3. The van der Waals surface area contributed by atoms with Gasteiger partial charge in [-0.1, -0.05) is 18.2 Å². The third kappa shape index (κ3) is 3.80. The molecule has 0 fully saturated rings. The van der Waals surface area contributed by atoms with E-state index in [9.17, 15) is 14.4 Å². The van der Waals surface area contributed by atoms with Gasteiger partial charge in [-0.05, 0) is 18.6 Å². The van der Waals surface area contributed by atoms with Crippen LogP contribution in [0.3, 0.4) is 0 Å². The van der Waals surface area contributed by atoms with Crippen molar-refractivity contribution in [3.05, 3.63) is 29.8 Å². The van der Waals surface area contributed by atoms with Crippen molar-refractivity contribution in [3.63, 3.8) is 0 Å². The van der Waals surface area contributed by atoms with Gasteiger partial charge in [0.2, 0.25) is 5.91 Å². The van der Waals surface area contributed by atoms with Crippen LogP contribution in [-0.4, -0.2) is 44.1 Å². The number of ether oxygens (including phenoxy) is 1. The van der Waals surface area contributed by atoms with Crippen molar-refractivity contribution < 1.29 is 19.1 Å². The number of anilines is 1. The summed E-state index contributed by atoms with van der Waals surface area (Å²) in [6.07, 6.45) is 0.570. The van der Waals surface area contributed by atoms with E-state index in [2.05, 4.69) is 10.6 Å². The molecule has 0 aromatic heterocycles. The van der Waals surface area contributed by atoms with Crippen LogP contribution in [0.1, 0.15) is 18.9 Å². The van der Waals surface area contributed by atoms with E-state index in [1.807, 2.05) is 24.3 Å². The van der Waals surface area contributed by atoms with Gasteiger partial charge in [-0.3, -0.25) is 14.5 Å². The molecule has 2 N–H and O–H groups in total. The first-order valence-electron chi connectivity index (χ1n) is 7.60. The second-order valence-corrected chi connectivity index (χ2v) is 5.12. The van der Waals surface area contributed by atoms with Crippen molar-refractivity contribution in [3.8, 4) is 0 Å². The van der Waals surface area contributed by atoms with Gasteiger partial charge in [0.15, 0.2) is 0 Å². The lowest BCUT2D eigenvalue weighted by atomic mass is 10.1. The van der Waals surface area contributed by atoms with Gasteiger partial charge < -0.3 is 15.4 Å². The summed E-state index contributed by atoms with van der Waals surface area (Å²) in [5.74, 6) is -0.584. The van der Waals surface area contributed by atoms with Crippen molar-refractivity contribution in [2.75, 3.05) is 25.1 Å². The Morgan fingerprint density at radius 2 is 2.04 bits per heavy atom. The van der Waals surface area contributed by atoms with Crippen LogP contribution in [0.25, 0.3) is 0 Å². The van der Waals surface area contributed by atoms with Gasteiger partial charge in [-0.15, -0.1) is 0 Å². The minimum atomic E-state index is -0.583. The highest BCUT2D eigenvalue weighted by molar-refractivity contribution is 6.02. The Kier molecular flexibility index (Phi) is 5.56. The Balaban J connectivity index is 2.06. The summed E-state index contributed by atoms with van der Waals surface area (Å²) < 4.78 is 4.81. The Hall–Kier alpha value is -2.57. The summed E-state index contributed by atoms with van der Waals surface area (Å²) in [6, 6.07) is 6.43. The lowest BCUT2D eigenvalue weighted by Crippen LogP contribution is -2.51. The van der Waals surface area contributed by atoms with Crippen LogP contribution in [0.15, 0.2) is 24.3 Å². The number of carbonyl (C=O) groups is 3. The van der Waals surface area contributed by atoms with Crippen LogP contribution in [0.5, 0.6) is 0 Å². The maximum absolute atomic E-state index is 12.5. The Labute approximate surface area is 135 Å². The first-order valence-corrected chi connectivity index (χ1v) is 7.60. The van der Waals surface area contributed by atoms with E-state index in [4.69, 9.17) is 4.74 Å². The summed E-state index contributed by atoms with van der Waals surface area (Å²) in [4.78, 5) is 37.3. The Bertz CT molecular complexity index is 603. The molecule has 1 aromatic rings. The van der Waals surface area contributed by atoms with Crippen molar-refractivity contribution in [2.45, 2.75) is 25.8 Å². The number of esters is 1. The van der Waals surface area contributed by atoms with Gasteiger partial charge in [-0.25, -0.2) is 4.79 Å². The van der Waals surface area contributed by atoms with Crippen molar-refractivity contribution in [2.24, 2.45) is 0 Å². The molecule has 7 nitrogen and oxygen atoms in total. The zero-order valence-corrected chi connectivity index (χ0v) is 13.3. The maximum atomic E-state index is 12.5. The smallest absolute Gasteiger partial charge is 0.322 e. The second-order valence-electron chi connectivity index (χ2n) is 5.12. The van der Waals surface area contributed by atoms with Crippen molar-refractivity contribution >= 4 is 23.6 Å². The number of urea groups is 1. The number of hydrogen-bond acceptors (Lipinski definition) is 4. The van der Waals surface area contributed by atoms with E-state index in [1.165, 1.54) is 4.90 Å². The molecule has 0 spiro atoms. The quantitative estimate of drug-likeness (QED) is 0.787. The number of rotatable bonds is 5. The summed E-state index contributed by atoms with van der Waals surface area (Å²) in [5, 5.41) is 5.25. The molecule has 1 aromatic carbocycles. The van der Waals surface area contributed by atoms with Crippen LogP contribution in [-0.2, 0) is 20.7 Å². The fourth-order valence-corrected chi connectivity index (χ4v) is 2.60. The number of likely N-dealkylation sites (N-methyl/N-ethyl adjacent to an activating group) is 1. The predicted molar refractivity (Wildman–Crippen MR) is 85.1 cm³/mol.